The van der Waals surface area contributed by atoms with Gasteiger partial charge >= 0.3 is 5.97 Å². The SMILES string of the molecule is CCCCCCCCCCCCCCC/C=C/C(O)C(CO)NC(=O)CCCCCCCCCCCCCCCCCCC/C=C\C/C=C\CCCCCCCCCCCCCCCOC(=O)CCCCCCCCCCCCCCCC. The summed E-state index contributed by atoms with van der Waals surface area (Å²) < 4.78 is 5.50. The number of nitrogens with one attached hydrogen (secondary N) is 1. The van der Waals surface area contributed by atoms with E-state index >= 15 is 0 Å². The van der Waals surface area contributed by atoms with Gasteiger partial charge in [0.25, 0.3) is 0 Å². The summed E-state index contributed by atoms with van der Waals surface area (Å²) in [6.45, 7) is 4.94. The van der Waals surface area contributed by atoms with E-state index in [0.717, 1.165) is 44.9 Å². The number of esters is 1. The zero-order chi connectivity index (χ0) is 59.9. The zero-order valence-corrected chi connectivity index (χ0v) is 56.2. The first-order valence-electron chi connectivity index (χ1n) is 37.8. The Balaban J connectivity index is 3.36. The number of hydrogen-bond donors (Lipinski definition) is 3. The maximum absolute atomic E-state index is 12.5. The van der Waals surface area contributed by atoms with Gasteiger partial charge in [0.15, 0.2) is 0 Å². The normalized spacial score (nSPS) is 12.7. The summed E-state index contributed by atoms with van der Waals surface area (Å²) in [7, 11) is 0. The highest BCUT2D eigenvalue weighted by atomic mass is 16.5. The smallest absolute Gasteiger partial charge is 0.305 e. The van der Waals surface area contributed by atoms with E-state index < -0.39 is 12.1 Å². The molecule has 0 aromatic carbocycles. The third kappa shape index (κ3) is 69.1. The van der Waals surface area contributed by atoms with E-state index in [4.69, 9.17) is 4.74 Å². The highest BCUT2D eigenvalue weighted by molar-refractivity contribution is 5.76. The molecule has 2 unspecified atom stereocenters. The second-order valence-electron chi connectivity index (χ2n) is 26.0. The van der Waals surface area contributed by atoms with Crippen molar-refractivity contribution < 1.29 is 24.5 Å². The molecule has 0 aliphatic heterocycles. The Hall–Kier alpha value is -1.92. The van der Waals surface area contributed by atoms with Gasteiger partial charge in [0.1, 0.15) is 0 Å². The lowest BCUT2D eigenvalue weighted by molar-refractivity contribution is -0.143. The van der Waals surface area contributed by atoms with E-state index in [1.54, 1.807) is 6.08 Å². The first kappa shape index (κ1) is 81.1. The molecule has 0 spiro atoms. The van der Waals surface area contributed by atoms with Gasteiger partial charge < -0.3 is 20.3 Å². The van der Waals surface area contributed by atoms with Crippen molar-refractivity contribution in [2.75, 3.05) is 13.2 Å². The number of allylic oxidation sites excluding steroid dienone is 5. The molecule has 0 heterocycles. The quantitative estimate of drug-likeness (QED) is 0.0320. The molecular weight excluding hydrogens is 1020 g/mol. The van der Waals surface area contributed by atoms with Crippen LogP contribution in [0.5, 0.6) is 0 Å². The largest absolute Gasteiger partial charge is 0.466 e. The first-order chi connectivity index (χ1) is 41.0. The predicted molar refractivity (Wildman–Crippen MR) is 366 cm³/mol. The number of aliphatic hydroxyl groups excluding tert-OH is 2. The average molecular weight is 1170 g/mol. The number of carbonyl (C=O) groups excluding carboxylic acids is 2. The van der Waals surface area contributed by atoms with Gasteiger partial charge in [-0.05, 0) is 64.2 Å². The average Bonchev–Trinajstić information content (AvgIpc) is 3.49. The number of hydrogen-bond acceptors (Lipinski definition) is 5. The van der Waals surface area contributed by atoms with Crippen molar-refractivity contribution in [2.24, 2.45) is 0 Å². The number of unbranched alkanes of at least 4 members (excludes halogenated alkanes) is 56. The molecule has 0 aromatic rings. The van der Waals surface area contributed by atoms with Crippen LogP contribution < -0.4 is 5.32 Å². The number of carbonyl (C=O) groups is 2. The maximum Gasteiger partial charge on any atom is 0.305 e. The number of aliphatic hydroxyl groups is 2. The van der Waals surface area contributed by atoms with Crippen LogP contribution in [0.3, 0.4) is 0 Å². The highest BCUT2D eigenvalue weighted by Crippen LogP contribution is 2.19. The van der Waals surface area contributed by atoms with Crippen LogP contribution in [-0.2, 0) is 14.3 Å². The van der Waals surface area contributed by atoms with Crippen LogP contribution in [0.15, 0.2) is 36.5 Å². The van der Waals surface area contributed by atoms with Gasteiger partial charge in [-0.3, -0.25) is 9.59 Å². The summed E-state index contributed by atoms with van der Waals surface area (Å²) >= 11 is 0. The molecule has 0 radical (unpaired) electrons. The minimum atomic E-state index is -0.842. The number of ether oxygens (including phenoxy) is 1. The molecule has 2 atom stereocenters. The van der Waals surface area contributed by atoms with E-state index in [-0.39, 0.29) is 18.5 Å². The molecule has 490 valence electrons. The second-order valence-corrected chi connectivity index (χ2v) is 26.0. The molecule has 0 saturated carbocycles. The summed E-state index contributed by atoms with van der Waals surface area (Å²) in [6, 6.07) is -0.626. The van der Waals surface area contributed by atoms with Gasteiger partial charge in [-0.1, -0.05) is 378 Å². The van der Waals surface area contributed by atoms with E-state index in [2.05, 4.69) is 43.5 Å². The van der Waals surface area contributed by atoms with Crippen molar-refractivity contribution in [3.8, 4) is 0 Å². The van der Waals surface area contributed by atoms with Crippen LogP contribution in [0.1, 0.15) is 418 Å². The molecule has 0 aromatic heterocycles. The Morgan fingerprint density at radius 1 is 0.337 bits per heavy atom. The van der Waals surface area contributed by atoms with Crippen molar-refractivity contribution in [2.45, 2.75) is 431 Å². The first-order valence-corrected chi connectivity index (χ1v) is 37.8. The molecule has 0 fully saturated rings. The van der Waals surface area contributed by atoms with Crippen LogP contribution in [0.25, 0.3) is 0 Å². The second kappa shape index (κ2) is 72.6. The van der Waals surface area contributed by atoms with Crippen molar-refractivity contribution in [1.82, 2.24) is 5.32 Å². The molecule has 0 saturated heterocycles. The zero-order valence-electron chi connectivity index (χ0n) is 56.2. The maximum atomic E-state index is 12.5. The van der Waals surface area contributed by atoms with E-state index in [9.17, 15) is 19.8 Å². The van der Waals surface area contributed by atoms with Gasteiger partial charge in [0.05, 0.1) is 25.4 Å². The molecule has 83 heavy (non-hydrogen) atoms. The van der Waals surface area contributed by atoms with E-state index in [1.165, 1.54) is 347 Å². The Morgan fingerprint density at radius 3 is 0.916 bits per heavy atom. The van der Waals surface area contributed by atoms with E-state index in [0.29, 0.717) is 19.4 Å². The van der Waals surface area contributed by atoms with Crippen molar-refractivity contribution in [3.05, 3.63) is 36.5 Å². The molecule has 0 aliphatic rings. The lowest BCUT2D eigenvalue weighted by Gasteiger charge is -2.20. The molecule has 6 heteroatoms. The minimum absolute atomic E-state index is 0.0213. The van der Waals surface area contributed by atoms with Crippen molar-refractivity contribution >= 4 is 11.9 Å². The van der Waals surface area contributed by atoms with Crippen LogP contribution >= 0.6 is 0 Å². The fourth-order valence-electron chi connectivity index (χ4n) is 11.9. The summed E-state index contributed by atoms with van der Waals surface area (Å²) in [4.78, 5) is 24.6. The topological polar surface area (TPSA) is 95.9 Å². The van der Waals surface area contributed by atoms with Gasteiger partial charge in [0, 0.05) is 12.8 Å². The van der Waals surface area contributed by atoms with Crippen LogP contribution in [0.2, 0.25) is 0 Å². The van der Waals surface area contributed by atoms with Gasteiger partial charge in [0.2, 0.25) is 5.91 Å². The van der Waals surface area contributed by atoms with Gasteiger partial charge in [-0.15, -0.1) is 0 Å². The summed E-state index contributed by atoms with van der Waals surface area (Å²) in [5, 5.41) is 23.2. The van der Waals surface area contributed by atoms with Crippen LogP contribution in [0.4, 0.5) is 0 Å². The summed E-state index contributed by atoms with van der Waals surface area (Å²) in [5.74, 6) is -0.0414. The number of amides is 1. The third-order valence-electron chi connectivity index (χ3n) is 17.7. The van der Waals surface area contributed by atoms with Crippen molar-refractivity contribution in [3.63, 3.8) is 0 Å². The minimum Gasteiger partial charge on any atom is -0.466 e. The molecule has 0 aliphatic carbocycles. The van der Waals surface area contributed by atoms with Crippen LogP contribution in [0, 0.1) is 0 Å². The molecule has 0 rings (SSSR count). The predicted octanol–water partition coefficient (Wildman–Crippen LogP) is 24.7. The number of rotatable bonds is 71. The summed E-state index contributed by atoms with van der Waals surface area (Å²) in [6.07, 6.45) is 94.0. The Morgan fingerprint density at radius 2 is 0.602 bits per heavy atom. The van der Waals surface area contributed by atoms with Crippen LogP contribution in [-0.4, -0.2) is 47.4 Å². The van der Waals surface area contributed by atoms with Gasteiger partial charge in [-0.25, -0.2) is 0 Å². The Kier molecular flexibility index (Phi) is 70.9. The third-order valence-corrected chi connectivity index (χ3v) is 17.7. The molecule has 3 N–H and O–H groups in total. The molecular formula is C77H147NO5. The standard InChI is InChI=1S/C77H147NO5/c1-3-5-7-9-11-13-15-17-42-45-49-53-57-61-65-69-75(80)74(73-79)78-76(81)70-66-62-58-54-50-46-43-40-38-36-34-32-30-28-26-24-22-20-19-21-23-25-27-29-31-33-35-37-39-41-44-48-52-56-60-64-68-72-83-77(82)71-67-63-59-55-51-47-18-16-14-12-10-8-6-4-2/h19,21,25,27,65,69,74-75,79-80H,3-18,20,22-24,26,28-64,66-68,70-73H2,1-2H3,(H,78,81)/b21-19-,27-25-,69-65+. The van der Waals surface area contributed by atoms with E-state index in [1.807, 2.05) is 6.08 Å². The molecule has 0 bridgehead atoms. The fourth-order valence-corrected chi connectivity index (χ4v) is 11.9. The lowest BCUT2D eigenvalue weighted by Crippen LogP contribution is -2.45. The summed E-state index contributed by atoms with van der Waals surface area (Å²) in [5.41, 5.74) is 0. The van der Waals surface area contributed by atoms with Gasteiger partial charge in [-0.2, -0.15) is 0 Å². The Bertz CT molecular complexity index is 1340. The molecule has 1 amide bonds. The Labute approximate surface area is 519 Å². The monoisotopic (exact) mass is 1170 g/mol. The van der Waals surface area contributed by atoms with Crippen molar-refractivity contribution in [1.29, 1.82) is 0 Å². The highest BCUT2D eigenvalue weighted by Gasteiger charge is 2.18. The fraction of sp³-hybridized carbons (Fsp3) is 0.896. The molecule has 6 nitrogen and oxygen atoms in total. The lowest BCUT2D eigenvalue weighted by atomic mass is 10.0.